The molecule has 3 heterocycles. The zero-order chi connectivity index (χ0) is 19.6. The summed E-state index contributed by atoms with van der Waals surface area (Å²) in [6, 6.07) is 25.9. The van der Waals surface area contributed by atoms with Crippen LogP contribution < -0.4 is 9.64 Å². The molecule has 3 aromatic rings. The van der Waals surface area contributed by atoms with E-state index in [9.17, 15) is 4.79 Å². The van der Waals surface area contributed by atoms with Gasteiger partial charge in [0.15, 0.2) is 0 Å². The Morgan fingerprint density at radius 3 is 2.55 bits per heavy atom. The number of ether oxygens (including phenoxy) is 1. The lowest BCUT2D eigenvalue weighted by Gasteiger charge is -2.44. The van der Waals surface area contributed by atoms with E-state index in [0.29, 0.717) is 0 Å². The lowest BCUT2D eigenvalue weighted by atomic mass is 9.92. The summed E-state index contributed by atoms with van der Waals surface area (Å²) < 4.78 is 6.52. The molecule has 1 spiro atoms. The Balaban J connectivity index is 1.60. The third-order valence-electron chi connectivity index (χ3n) is 6.10. The maximum Gasteiger partial charge on any atom is 0.306 e. The third-order valence-corrected chi connectivity index (χ3v) is 6.10. The van der Waals surface area contributed by atoms with E-state index in [1.54, 1.807) is 11.9 Å². The summed E-state index contributed by atoms with van der Waals surface area (Å²) in [5, 5.41) is 6.87. The Kier molecular flexibility index (Phi) is 3.22. The average molecular weight is 381 g/mol. The number of amides is 1. The predicted octanol–water partition coefficient (Wildman–Crippen LogP) is 4.06. The molecule has 0 N–H and O–H groups in total. The van der Waals surface area contributed by atoms with Crippen molar-refractivity contribution in [1.82, 2.24) is 5.01 Å². The highest BCUT2D eigenvalue weighted by Crippen LogP contribution is 2.55. The van der Waals surface area contributed by atoms with Crippen LogP contribution in [0.25, 0.3) is 0 Å². The summed E-state index contributed by atoms with van der Waals surface area (Å²) in [4.78, 5) is 15.3. The van der Waals surface area contributed by atoms with Crippen molar-refractivity contribution in [3.05, 3.63) is 95.6 Å². The molecule has 3 aliphatic heterocycles. The van der Waals surface area contributed by atoms with Crippen molar-refractivity contribution in [2.24, 2.45) is 5.10 Å². The third kappa shape index (κ3) is 2.04. The first-order valence-corrected chi connectivity index (χ1v) is 9.78. The number of hydrazone groups is 1. The summed E-state index contributed by atoms with van der Waals surface area (Å²) in [6.45, 7) is 0. The average Bonchev–Trinajstić information content (AvgIpc) is 3.31. The largest absolute Gasteiger partial charge is 0.453 e. The van der Waals surface area contributed by atoms with Gasteiger partial charge in [-0.1, -0.05) is 66.7 Å². The van der Waals surface area contributed by atoms with Crippen LogP contribution >= 0.6 is 0 Å². The summed E-state index contributed by atoms with van der Waals surface area (Å²) in [7, 11) is 1.80. The molecule has 5 heteroatoms. The summed E-state index contributed by atoms with van der Waals surface area (Å²) >= 11 is 0. The van der Waals surface area contributed by atoms with Gasteiger partial charge >= 0.3 is 5.72 Å². The molecule has 0 aliphatic carbocycles. The molecule has 0 bridgehead atoms. The van der Waals surface area contributed by atoms with Gasteiger partial charge in [0.1, 0.15) is 5.75 Å². The van der Waals surface area contributed by atoms with Crippen molar-refractivity contribution in [3.63, 3.8) is 0 Å². The van der Waals surface area contributed by atoms with Crippen molar-refractivity contribution in [2.45, 2.75) is 18.2 Å². The Bertz CT molecular complexity index is 1170. The number of nitrogens with zero attached hydrogens (tertiary/aromatic N) is 3. The van der Waals surface area contributed by atoms with Gasteiger partial charge < -0.3 is 9.64 Å². The molecule has 5 nitrogen and oxygen atoms in total. The monoisotopic (exact) mass is 381 g/mol. The number of fused-ring (bicyclic) bond motifs is 6. The molecule has 1 amide bonds. The van der Waals surface area contributed by atoms with Gasteiger partial charge in [0.2, 0.25) is 0 Å². The zero-order valence-electron chi connectivity index (χ0n) is 15.9. The lowest BCUT2D eigenvalue weighted by Crippen LogP contribution is -2.56. The number of likely N-dealkylation sites (N-methyl/N-ethyl adjacent to an activating group) is 1. The van der Waals surface area contributed by atoms with E-state index in [2.05, 4.69) is 18.2 Å². The second-order valence-corrected chi connectivity index (χ2v) is 7.64. The molecule has 3 aromatic carbocycles. The van der Waals surface area contributed by atoms with Gasteiger partial charge in [-0.3, -0.25) is 4.79 Å². The molecule has 0 radical (unpaired) electrons. The fraction of sp³-hybridized carbons (Fsp3) is 0.167. The first-order chi connectivity index (χ1) is 14.2. The van der Waals surface area contributed by atoms with E-state index in [1.807, 2.05) is 65.7 Å². The van der Waals surface area contributed by atoms with Crippen molar-refractivity contribution >= 4 is 17.3 Å². The van der Waals surface area contributed by atoms with E-state index >= 15 is 0 Å². The van der Waals surface area contributed by atoms with Gasteiger partial charge in [-0.05, 0) is 17.7 Å². The molecule has 29 heavy (non-hydrogen) atoms. The normalized spacial score (nSPS) is 24.1. The summed E-state index contributed by atoms with van der Waals surface area (Å²) in [5.74, 6) is 0.632. The molecule has 6 rings (SSSR count). The highest BCUT2D eigenvalue weighted by atomic mass is 16.5. The highest BCUT2D eigenvalue weighted by molar-refractivity contribution is 6.08. The van der Waals surface area contributed by atoms with Crippen LogP contribution in [0.3, 0.4) is 0 Å². The number of rotatable bonds is 1. The molecular weight excluding hydrogens is 362 g/mol. The number of hydrogen-bond donors (Lipinski definition) is 0. The molecule has 0 saturated carbocycles. The smallest absolute Gasteiger partial charge is 0.306 e. The second-order valence-electron chi connectivity index (χ2n) is 7.64. The molecule has 3 aliphatic rings. The van der Waals surface area contributed by atoms with Crippen LogP contribution in [0.5, 0.6) is 5.75 Å². The first kappa shape index (κ1) is 16.4. The van der Waals surface area contributed by atoms with Gasteiger partial charge in [-0.15, -0.1) is 0 Å². The lowest BCUT2D eigenvalue weighted by molar-refractivity contribution is -0.163. The topological polar surface area (TPSA) is 45.1 Å². The second kappa shape index (κ2) is 5.70. The fourth-order valence-electron chi connectivity index (χ4n) is 4.73. The predicted molar refractivity (Wildman–Crippen MR) is 111 cm³/mol. The zero-order valence-corrected chi connectivity index (χ0v) is 15.9. The van der Waals surface area contributed by atoms with E-state index in [1.165, 1.54) is 0 Å². The number of para-hydroxylation sites is 2. The Labute approximate surface area is 168 Å². The maximum atomic E-state index is 13.6. The molecule has 0 saturated heterocycles. The molecule has 2 atom stereocenters. The quantitative estimate of drug-likeness (QED) is 0.639. The standard InChI is InChI=1S/C24H19N3O2/c1-26-20-13-7-6-12-18(20)24(23(26)28)27-21(17-11-5-8-14-22(17)29-24)15-19(25-27)16-9-3-2-4-10-16/h2-14,21H,15H2,1H3/t21-,24+/m1/s1. The van der Waals surface area contributed by atoms with E-state index in [0.717, 1.165) is 40.3 Å². The Hall–Kier alpha value is -3.60. The van der Waals surface area contributed by atoms with Crippen LogP contribution in [-0.2, 0) is 10.5 Å². The minimum atomic E-state index is -1.28. The van der Waals surface area contributed by atoms with E-state index in [-0.39, 0.29) is 11.9 Å². The van der Waals surface area contributed by atoms with Crippen LogP contribution in [0.1, 0.15) is 29.2 Å². The van der Waals surface area contributed by atoms with E-state index < -0.39 is 5.72 Å². The first-order valence-electron chi connectivity index (χ1n) is 9.78. The van der Waals surface area contributed by atoms with Gasteiger partial charge in [0.05, 0.1) is 23.0 Å². The molecule has 0 fully saturated rings. The minimum Gasteiger partial charge on any atom is -0.453 e. The fourth-order valence-corrected chi connectivity index (χ4v) is 4.73. The highest BCUT2D eigenvalue weighted by Gasteiger charge is 2.62. The van der Waals surface area contributed by atoms with Gasteiger partial charge in [0.25, 0.3) is 5.91 Å². The van der Waals surface area contributed by atoms with Crippen LogP contribution in [0.2, 0.25) is 0 Å². The SMILES string of the molecule is CN1C(=O)[C@@]2(Oc3ccccc3[C@H]3CC(c4ccccc4)=NN32)c2ccccc21. The van der Waals surface area contributed by atoms with Crippen molar-refractivity contribution in [2.75, 3.05) is 11.9 Å². The number of benzene rings is 3. The summed E-state index contributed by atoms with van der Waals surface area (Å²) in [5.41, 5.74) is 3.52. The Morgan fingerprint density at radius 2 is 1.69 bits per heavy atom. The van der Waals surface area contributed by atoms with Gasteiger partial charge in [0, 0.05) is 19.0 Å². The van der Waals surface area contributed by atoms with Crippen LogP contribution in [0.4, 0.5) is 5.69 Å². The Morgan fingerprint density at radius 1 is 0.966 bits per heavy atom. The van der Waals surface area contributed by atoms with Gasteiger partial charge in [-0.25, -0.2) is 5.01 Å². The molecule has 142 valence electrons. The summed E-state index contributed by atoms with van der Waals surface area (Å²) in [6.07, 6.45) is 0.727. The van der Waals surface area contributed by atoms with Crippen molar-refractivity contribution in [3.8, 4) is 5.75 Å². The van der Waals surface area contributed by atoms with E-state index in [4.69, 9.17) is 9.84 Å². The number of anilines is 1. The maximum absolute atomic E-state index is 13.6. The van der Waals surface area contributed by atoms with Crippen LogP contribution in [-0.4, -0.2) is 23.7 Å². The number of carbonyl (C=O) groups excluding carboxylic acids is 1. The van der Waals surface area contributed by atoms with Crippen LogP contribution in [0.15, 0.2) is 84.0 Å². The number of carbonyl (C=O) groups is 1. The van der Waals surface area contributed by atoms with Crippen molar-refractivity contribution in [1.29, 1.82) is 0 Å². The van der Waals surface area contributed by atoms with Gasteiger partial charge in [-0.2, -0.15) is 5.10 Å². The molecule has 0 unspecified atom stereocenters. The van der Waals surface area contributed by atoms with Crippen molar-refractivity contribution < 1.29 is 9.53 Å². The number of hydrogen-bond acceptors (Lipinski definition) is 4. The minimum absolute atomic E-state index is 0.0568. The van der Waals surface area contributed by atoms with Crippen LogP contribution in [0, 0.1) is 0 Å². The molecule has 0 aromatic heterocycles. The molecular formula is C24H19N3O2.